The number of ether oxygens (including phenoxy) is 1. The summed E-state index contributed by atoms with van der Waals surface area (Å²) < 4.78 is 11.1. The van der Waals surface area contributed by atoms with Crippen LogP contribution in [0, 0.1) is 0 Å². The zero-order chi connectivity index (χ0) is 14.8. The Hall–Kier alpha value is -2.37. The van der Waals surface area contributed by atoms with E-state index in [1.165, 1.54) is 0 Å². The van der Waals surface area contributed by atoms with Gasteiger partial charge in [-0.3, -0.25) is 4.79 Å². The van der Waals surface area contributed by atoms with E-state index in [9.17, 15) is 4.79 Å². The van der Waals surface area contributed by atoms with E-state index in [0.717, 1.165) is 18.5 Å². The van der Waals surface area contributed by atoms with E-state index in [-0.39, 0.29) is 11.8 Å². The van der Waals surface area contributed by atoms with Crippen molar-refractivity contribution in [2.45, 2.75) is 19.3 Å². The van der Waals surface area contributed by atoms with Crippen LogP contribution in [0.4, 0.5) is 0 Å². The largest absolute Gasteiger partial charge is 0.496 e. The SMILES string of the molecule is COc1ccccc1-c1nnc(C2CCN(C(C)=O)C2)o1. The molecule has 1 unspecified atom stereocenters. The van der Waals surface area contributed by atoms with Gasteiger partial charge in [0.05, 0.1) is 18.6 Å². The summed E-state index contributed by atoms with van der Waals surface area (Å²) in [4.78, 5) is 13.2. The van der Waals surface area contributed by atoms with E-state index < -0.39 is 0 Å². The fourth-order valence-electron chi connectivity index (χ4n) is 2.58. The van der Waals surface area contributed by atoms with E-state index in [4.69, 9.17) is 9.15 Å². The van der Waals surface area contributed by atoms with Crippen molar-refractivity contribution in [2.75, 3.05) is 20.2 Å². The standard InChI is InChI=1S/C15H17N3O3/c1-10(19)18-8-7-11(9-18)14-16-17-15(21-14)12-5-3-4-6-13(12)20-2/h3-6,11H,7-9H2,1-2H3. The van der Waals surface area contributed by atoms with Crippen LogP contribution in [0.3, 0.4) is 0 Å². The van der Waals surface area contributed by atoms with Crippen LogP contribution in [-0.4, -0.2) is 41.2 Å². The summed E-state index contributed by atoms with van der Waals surface area (Å²) in [7, 11) is 1.61. The van der Waals surface area contributed by atoms with Crippen molar-refractivity contribution in [3.8, 4) is 17.2 Å². The molecule has 2 heterocycles. The van der Waals surface area contributed by atoms with Crippen molar-refractivity contribution in [3.05, 3.63) is 30.2 Å². The minimum absolute atomic E-state index is 0.0852. The Bertz CT molecular complexity index is 653. The average molecular weight is 287 g/mol. The second-order valence-corrected chi connectivity index (χ2v) is 5.10. The van der Waals surface area contributed by atoms with Gasteiger partial charge in [-0.15, -0.1) is 10.2 Å². The summed E-state index contributed by atoms with van der Waals surface area (Å²) in [6.45, 7) is 2.96. The summed E-state index contributed by atoms with van der Waals surface area (Å²) in [5.74, 6) is 1.93. The number of rotatable bonds is 3. The Balaban J connectivity index is 1.82. The molecule has 1 aliphatic rings. The van der Waals surface area contributed by atoms with E-state index in [0.29, 0.717) is 24.1 Å². The van der Waals surface area contributed by atoms with E-state index >= 15 is 0 Å². The molecule has 110 valence electrons. The van der Waals surface area contributed by atoms with Gasteiger partial charge in [-0.1, -0.05) is 12.1 Å². The van der Waals surface area contributed by atoms with Crippen molar-refractivity contribution >= 4 is 5.91 Å². The van der Waals surface area contributed by atoms with Gasteiger partial charge in [0, 0.05) is 20.0 Å². The van der Waals surface area contributed by atoms with Gasteiger partial charge in [0.2, 0.25) is 11.8 Å². The first kappa shape index (κ1) is 13.6. The lowest BCUT2D eigenvalue weighted by Crippen LogP contribution is -2.25. The summed E-state index contributed by atoms with van der Waals surface area (Å²) >= 11 is 0. The molecule has 2 aromatic rings. The van der Waals surface area contributed by atoms with Crippen molar-refractivity contribution in [3.63, 3.8) is 0 Å². The van der Waals surface area contributed by atoms with Gasteiger partial charge in [-0.25, -0.2) is 0 Å². The van der Waals surface area contributed by atoms with Gasteiger partial charge in [0.15, 0.2) is 0 Å². The normalized spacial score (nSPS) is 18.0. The van der Waals surface area contributed by atoms with Crippen LogP contribution in [0.25, 0.3) is 11.5 Å². The number of nitrogens with zero attached hydrogens (tertiary/aromatic N) is 3. The highest BCUT2D eigenvalue weighted by molar-refractivity contribution is 5.73. The lowest BCUT2D eigenvalue weighted by Gasteiger charge is -2.11. The number of likely N-dealkylation sites (tertiary alicyclic amines) is 1. The summed E-state index contributed by atoms with van der Waals surface area (Å²) in [6, 6.07) is 7.52. The predicted molar refractivity (Wildman–Crippen MR) is 75.9 cm³/mol. The predicted octanol–water partition coefficient (Wildman–Crippen LogP) is 2.08. The molecule has 3 rings (SSSR count). The number of carbonyl (C=O) groups excluding carboxylic acids is 1. The minimum Gasteiger partial charge on any atom is -0.496 e. The molecule has 1 aromatic carbocycles. The Morgan fingerprint density at radius 1 is 1.38 bits per heavy atom. The van der Waals surface area contributed by atoms with Crippen molar-refractivity contribution in [2.24, 2.45) is 0 Å². The van der Waals surface area contributed by atoms with Crippen molar-refractivity contribution < 1.29 is 13.9 Å². The first-order valence-electron chi connectivity index (χ1n) is 6.91. The fourth-order valence-corrected chi connectivity index (χ4v) is 2.58. The number of carbonyl (C=O) groups is 1. The lowest BCUT2D eigenvalue weighted by atomic mass is 10.1. The number of hydrogen-bond acceptors (Lipinski definition) is 5. The summed E-state index contributed by atoms with van der Waals surface area (Å²) in [5, 5.41) is 8.24. The number of aromatic nitrogens is 2. The Morgan fingerprint density at radius 3 is 2.90 bits per heavy atom. The summed E-state index contributed by atoms with van der Waals surface area (Å²) in [6.07, 6.45) is 0.854. The molecule has 1 aromatic heterocycles. The van der Waals surface area contributed by atoms with Crippen LogP contribution in [0.2, 0.25) is 0 Å². The van der Waals surface area contributed by atoms with Gasteiger partial charge in [-0.2, -0.15) is 0 Å². The van der Waals surface area contributed by atoms with Crippen molar-refractivity contribution in [1.29, 1.82) is 0 Å². The van der Waals surface area contributed by atoms with Gasteiger partial charge >= 0.3 is 0 Å². The number of amides is 1. The fraction of sp³-hybridized carbons (Fsp3) is 0.400. The number of para-hydroxylation sites is 1. The Morgan fingerprint density at radius 2 is 2.19 bits per heavy atom. The van der Waals surface area contributed by atoms with Crippen molar-refractivity contribution in [1.82, 2.24) is 15.1 Å². The van der Waals surface area contributed by atoms with Crippen LogP contribution in [-0.2, 0) is 4.79 Å². The molecule has 1 saturated heterocycles. The molecule has 6 heteroatoms. The van der Waals surface area contributed by atoms with Crippen LogP contribution in [0.1, 0.15) is 25.2 Å². The van der Waals surface area contributed by atoms with Gasteiger partial charge < -0.3 is 14.1 Å². The second kappa shape index (κ2) is 5.55. The highest BCUT2D eigenvalue weighted by Gasteiger charge is 2.29. The maximum atomic E-state index is 11.4. The maximum absolute atomic E-state index is 11.4. The lowest BCUT2D eigenvalue weighted by molar-refractivity contribution is -0.127. The van der Waals surface area contributed by atoms with Gasteiger partial charge in [0.1, 0.15) is 5.75 Å². The molecule has 0 bridgehead atoms. The molecule has 1 aliphatic heterocycles. The molecule has 0 N–H and O–H groups in total. The zero-order valence-corrected chi connectivity index (χ0v) is 12.1. The Labute approximate surface area is 122 Å². The van der Waals surface area contributed by atoms with E-state index in [1.807, 2.05) is 24.3 Å². The number of hydrogen-bond donors (Lipinski definition) is 0. The molecule has 21 heavy (non-hydrogen) atoms. The minimum atomic E-state index is 0.0852. The maximum Gasteiger partial charge on any atom is 0.251 e. The quantitative estimate of drug-likeness (QED) is 0.864. The third-order valence-corrected chi connectivity index (χ3v) is 3.76. The van der Waals surface area contributed by atoms with E-state index in [2.05, 4.69) is 10.2 Å². The zero-order valence-electron chi connectivity index (χ0n) is 12.1. The van der Waals surface area contributed by atoms with Crippen LogP contribution in [0.15, 0.2) is 28.7 Å². The topological polar surface area (TPSA) is 68.5 Å². The van der Waals surface area contributed by atoms with Crippen LogP contribution in [0.5, 0.6) is 5.75 Å². The molecular weight excluding hydrogens is 270 g/mol. The average Bonchev–Trinajstić information content (AvgIpc) is 3.16. The molecular formula is C15H17N3O3. The highest BCUT2D eigenvalue weighted by atomic mass is 16.5. The summed E-state index contributed by atoms with van der Waals surface area (Å²) in [5.41, 5.74) is 0.778. The third kappa shape index (κ3) is 2.61. The molecule has 0 spiro atoms. The molecule has 0 radical (unpaired) electrons. The number of benzene rings is 1. The molecule has 0 aliphatic carbocycles. The smallest absolute Gasteiger partial charge is 0.251 e. The van der Waals surface area contributed by atoms with Crippen LogP contribution < -0.4 is 4.74 Å². The molecule has 0 saturated carbocycles. The Kier molecular flexibility index (Phi) is 3.60. The van der Waals surface area contributed by atoms with Crippen LogP contribution >= 0.6 is 0 Å². The second-order valence-electron chi connectivity index (χ2n) is 5.10. The first-order chi connectivity index (χ1) is 10.2. The third-order valence-electron chi connectivity index (χ3n) is 3.76. The molecule has 6 nitrogen and oxygen atoms in total. The molecule has 1 fully saturated rings. The molecule has 1 amide bonds. The van der Waals surface area contributed by atoms with E-state index in [1.54, 1.807) is 18.9 Å². The number of methoxy groups -OCH3 is 1. The molecule has 1 atom stereocenters. The van der Waals surface area contributed by atoms with Gasteiger partial charge in [0.25, 0.3) is 5.89 Å². The van der Waals surface area contributed by atoms with Gasteiger partial charge in [-0.05, 0) is 18.6 Å². The highest BCUT2D eigenvalue weighted by Crippen LogP contribution is 2.32. The first-order valence-corrected chi connectivity index (χ1v) is 6.91. The monoisotopic (exact) mass is 287 g/mol.